The molecular weight excluding hydrogens is 336 g/mol. The van der Waals surface area contributed by atoms with Crippen molar-refractivity contribution < 1.29 is 14.7 Å². The van der Waals surface area contributed by atoms with Crippen molar-refractivity contribution in [2.75, 3.05) is 18.4 Å². The van der Waals surface area contributed by atoms with E-state index in [4.69, 9.17) is 5.11 Å². The van der Waals surface area contributed by atoms with Crippen LogP contribution in [0, 0.1) is 5.92 Å². The maximum absolute atomic E-state index is 12.2. The lowest BCUT2D eigenvalue weighted by Crippen LogP contribution is -2.55. The summed E-state index contributed by atoms with van der Waals surface area (Å²) < 4.78 is 1.86. The van der Waals surface area contributed by atoms with Crippen LogP contribution in [0.5, 0.6) is 0 Å². The summed E-state index contributed by atoms with van der Waals surface area (Å²) in [7, 11) is 0. The van der Waals surface area contributed by atoms with Crippen molar-refractivity contribution in [1.82, 2.24) is 25.0 Å². The van der Waals surface area contributed by atoms with E-state index in [0.717, 1.165) is 51.0 Å². The second-order valence-electron chi connectivity index (χ2n) is 7.72. The summed E-state index contributed by atoms with van der Waals surface area (Å²) in [4.78, 5) is 29.6. The van der Waals surface area contributed by atoms with Crippen LogP contribution in [-0.2, 0) is 17.8 Å². The van der Waals surface area contributed by atoms with Crippen molar-refractivity contribution in [1.29, 1.82) is 0 Å². The standard InChI is InChI=1S/C17H26N6O3/c24-15(25)10-22(9-11-4-5-11)13-7-12(8-13)18-17(26)20-16-19-14-3-1-2-6-23(14)21-16/h11-13H,1-10H2,(H,24,25)(H2,18,20,21,26). The Morgan fingerprint density at radius 1 is 1.27 bits per heavy atom. The number of nitrogens with zero attached hydrogens (tertiary/aromatic N) is 4. The molecule has 0 atom stereocenters. The number of fused-ring (bicyclic) bond motifs is 1. The van der Waals surface area contributed by atoms with Crippen molar-refractivity contribution >= 4 is 17.9 Å². The molecule has 0 bridgehead atoms. The number of aromatic nitrogens is 3. The molecule has 26 heavy (non-hydrogen) atoms. The number of hydrogen-bond acceptors (Lipinski definition) is 5. The second kappa shape index (κ2) is 7.22. The predicted octanol–water partition coefficient (Wildman–Crippen LogP) is 1.06. The van der Waals surface area contributed by atoms with Crippen LogP contribution in [0.3, 0.4) is 0 Å². The van der Waals surface area contributed by atoms with Gasteiger partial charge in [0.05, 0.1) is 6.54 Å². The number of anilines is 1. The minimum Gasteiger partial charge on any atom is -0.480 e. The first-order valence-corrected chi connectivity index (χ1v) is 9.54. The molecule has 9 nitrogen and oxygen atoms in total. The number of carbonyl (C=O) groups is 2. The Morgan fingerprint density at radius 2 is 2.08 bits per heavy atom. The lowest BCUT2D eigenvalue weighted by Gasteiger charge is -2.42. The monoisotopic (exact) mass is 362 g/mol. The van der Waals surface area contributed by atoms with E-state index >= 15 is 0 Å². The lowest BCUT2D eigenvalue weighted by molar-refractivity contribution is -0.139. The van der Waals surface area contributed by atoms with Gasteiger partial charge in [-0.2, -0.15) is 4.98 Å². The van der Waals surface area contributed by atoms with E-state index in [9.17, 15) is 9.59 Å². The maximum atomic E-state index is 12.2. The molecule has 2 saturated carbocycles. The Hall–Kier alpha value is -2.16. The summed E-state index contributed by atoms with van der Waals surface area (Å²) in [5, 5.41) is 19.1. The number of carboxylic acids is 1. The molecule has 0 spiro atoms. The first kappa shape index (κ1) is 17.3. The van der Waals surface area contributed by atoms with E-state index in [1.165, 1.54) is 12.8 Å². The molecular formula is C17H26N6O3. The minimum atomic E-state index is -0.783. The quantitative estimate of drug-likeness (QED) is 0.669. The number of aliphatic carboxylic acids is 1. The van der Waals surface area contributed by atoms with Crippen molar-refractivity contribution in [3.63, 3.8) is 0 Å². The summed E-state index contributed by atoms with van der Waals surface area (Å²) in [6, 6.07) is 0.0335. The molecule has 4 rings (SSSR count). The van der Waals surface area contributed by atoms with Gasteiger partial charge in [-0.15, -0.1) is 5.10 Å². The fourth-order valence-corrected chi connectivity index (χ4v) is 3.81. The van der Waals surface area contributed by atoms with Gasteiger partial charge >= 0.3 is 12.0 Å². The van der Waals surface area contributed by atoms with Crippen molar-refractivity contribution in [2.45, 2.75) is 63.6 Å². The van der Waals surface area contributed by atoms with Gasteiger partial charge in [0.2, 0.25) is 5.95 Å². The van der Waals surface area contributed by atoms with Crippen LogP contribution in [0.25, 0.3) is 0 Å². The van der Waals surface area contributed by atoms with Gasteiger partial charge in [0.1, 0.15) is 5.82 Å². The van der Waals surface area contributed by atoms with Crippen LogP contribution in [0.2, 0.25) is 0 Å². The Labute approximate surface area is 152 Å². The van der Waals surface area contributed by atoms with Gasteiger partial charge < -0.3 is 10.4 Å². The Morgan fingerprint density at radius 3 is 2.77 bits per heavy atom. The van der Waals surface area contributed by atoms with Crippen LogP contribution in [0.1, 0.15) is 44.3 Å². The molecule has 1 aliphatic heterocycles. The molecule has 0 radical (unpaired) electrons. The van der Waals surface area contributed by atoms with Crippen LogP contribution in [0.4, 0.5) is 10.7 Å². The molecule has 2 fully saturated rings. The van der Waals surface area contributed by atoms with Crippen LogP contribution in [-0.4, -0.2) is 61.9 Å². The number of hydrogen-bond donors (Lipinski definition) is 3. The normalized spacial score (nSPS) is 24.7. The van der Waals surface area contributed by atoms with Crippen LogP contribution in [0.15, 0.2) is 0 Å². The molecule has 1 aromatic heterocycles. The number of amides is 2. The zero-order valence-corrected chi connectivity index (χ0v) is 14.9. The van der Waals surface area contributed by atoms with Gasteiger partial charge in [-0.25, -0.2) is 9.48 Å². The molecule has 1 aromatic rings. The summed E-state index contributed by atoms with van der Waals surface area (Å²) >= 11 is 0. The van der Waals surface area contributed by atoms with E-state index < -0.39 is 5.97 Å². The topological polar surface area (TPSA) is 112 Å². The van der Waals surface area contributed by atoms with Crippen molar-refractivity contribution in [3.8, 4) is 0 Å². The number of aryl methyl sites for hydroxylation is 2. The zero-order chi connectivity index (χ0) is 18.1. The smallest absolute Gasteiger partial charge is 0.321 e. The average molecular weight is 362 g/mol. The summed E-state index contributed by atoms with van der Waals surface area (Å²) in [6.07, 6.45) is 7.10. The van der Waals surface area contributed by atoms with E-state index in [1.54, 1.807) is 0 Å². The van der Waals surface area contributed by atoms with Crippen LogP contribution >= 0.6 is 0 Å². The summed E-state index contributed by atoms with van der Waals surface area (Å²) in [6.45, 7) is 1.81. The van der Waals surface area contributed by atoms with Gasteiger partial charge in [0.15, 0.2) is 0 Å². The van der Waals surface area contributed by atoms with Crippen molar-refractivity contribution in [2.24, 2.45) is 5.92 Å². The number of rotatable bonds is 7. The van der Waals surface area contributed by atoms with Gasteiger partial charge in [-0.05, 0) is 44.4 Å². The fraction of sp³-hybridized carbons (Fsp3) is 0.765. The highest BCUT2D eigenvalue weighted by atomic mass is 16.4. The zero-order valence-electron chi connectivity index (χ0n) is 14.9. The summed E-state index contributed by atoms with van der Waals surface area (Å²) in [5.74, 6) is 1.16. The molecule has 0 unspecified atom stereocenters. The number of carbonyl (C=O) groups excluding carboxylic acids is 1. The highest BCUT2D eigenvalue weighted by Crippen LogP contribution is 2.33. The first-order chi connectivity index (χ1) is 12.6. The number of urea groups is 1. The average Bonchev–Trinajstić information content (AvgIpc) is 3.26. The molecule has 3 N–H and O–H groups in total. The molecule has 2 heterocycles. The van der Waals surface area contributed by atoms with E-state index in [0.29, 0.717) is 11.9 Å². The Bertz CT molecular complexity index is 657. The fourth-order valence-electron chi connectivity index (χ4n) is 3.81. The third-order valence-corrected chi connectivity index (χ3v) is 5.49. The SMILES string of the molecule is O=C(O)CN(CC1CC1)C1CC(NC(=O)Nc2nc3n(n2)CCCC3)C1. The number of nitrogens with one attached hydrogen (secondary N) is 2. The van der Waals surface area contributed by atoms with E-state index in [2.05, 4.69) is 25.6 Å². The maximum Gasteiger partial charge on any atom is 0.321 e. The third-order valence-electron chi connectivity index (χ3n) is 5.49. The molecule has 2 amide bonds. The van der Waals surface area contributed by atoms with Crippen LogP contribution < -0.4 is 10.6 Å². The van der Waals surface area contributed by atoms with Gasteiger partial charge in [-0.1, -0.05) is 0 Å². The second-order valence-corrected chi connectivity index (χ2v) is 7.72. The Kier molecular flexibility index (Phi) is 4.80. The molecule has 2 aliphatic carbocycles. The Balaban J connectivity index is 1.23. The predicted molar refractivity (Wildman–Crippen MR) is 93.9 cm³/mol. The van der Waals surface area contributed by atoms with E-state index in [-0.39, 0.29) is 24.7 Å². The van der Waals surface area contributed by atoms with Gasteiger partial charge in [0.25, 0.3) is 0 Å². The van der Waals surface area contributed by atoms with Gasteiger partial charge in [-0.3, -0.25) is 15.0 Å². The molecule has 9 heteroatoms. The number of carboxylic acid groups (broad SMARTS) is 1. The molecule has 0 aromatic carbocycles. The van der Waals surface area contributed by atoms with E-state index in [1.807, 2.05) is 4.68 Å². The highest BCUT2D eigenvalue weighted by Gasteiger charge is 2.37. The third kappa shape index (κ3) is 4.14. The molecule has 142 valence electrons. The first-order valence-electron chi connectivity index (χ1n) is 9.54. The molecule has 3 aliphatic rings. The lowest BCUT2D eigenvalue weighted by atomic mass is 9.85. The van der Waals surface area contributed by atoms with Gasteiger partial charge in [0, 0.05) is 31.6 Å². The molecule has 0 saturated heterocycles. The summed E-state index contributed by atoms with van der Waals surface area (Å²) in [5.41, 5.74) is 0. The highest BCUT2D eigenvalue weighted by molar-refractivity contribution is 5.87. The largest absolute Gasteiger partial charge is 0.480 e. The van der Waals surface area contributed by atoms with Crippen molar-refractivity contribution in [3.05, 3.63) is 5.82 Å². The minimum absolute atomic E-state index is 0.0766.